The van der Waals surface area contributed by atoms with E-state index >= 15 is 0 Å². The van der Waals surface area contributed by atoms with Gasteiger partial charge in [-0.25, -0.2) is 9.97 Å². The van der Waals surface area contributed by atoms with Gasteiger partial charge in [0.05, 0.1) is 22.4 Å². The highest BCUT2D eigenvalue weighted by molar-refractivity contribution is 6.17. The summed E-state index contributed by atoms with van der Waals surface area (Å²) < 4.78 is 14.7. The zero-order chi connectivity index (χ0) is 29.5. The van der Waals surface area contributed by atoms with Crippen LogP contribution in [0.2, 0.25) is 0 Å². The molecule has 5 nitrogen and oxygen atoms in total. The van der Waals surface area contributed by atoms with Crippen LogP contribution in [-0.4, -0.2) is 14.5 Å². The van der Waals surface area contributed by atoms with Crippen molar-refractivity contribution < 1.29 is 8.83 Å². The molecule has 0 aliphatic heterocycles. The lowest BCUT2D eigenvalue weighted by atomic mass is 10.0. The fourth-order valence-corrected chi connectivity index (χ4v) is 6.82. The highest BCUT2D eigenvalue weighted by Crippen LogP contribution is 2.40. The molecule has 10 rings (SSSR count). The second kappa shape index (κ2) is 9.15. The Hall–Kier alpha value is -6.20. The topological polar surface area (TPSA) is 57.0 Å². The summed E-state index contributed by atoms with van der Waals surface area (Å²) in [6, 6.07) is 47.7. The highest BCUT2D eigenvalue weighted by Gasteiger charge is 2.20. The van der Waals surface area contributed by atoms with Crippen LogP contribution in [0.4, 0.5) is 0 Å². The van der Waals surface area contributed by atoms with E-state index in [2.05, 4.69) is 83.4 Å². The average molecular weight is 578 g/mol. The van der Waals surface area contributed by atoms with Gasteiger partial charge in [0.2, 0.25) is 5.95 Å². The number of aromatic nitrogens is 3. The van der Waals surface area contributed by atoms with Crippen LogP contribution in [0.15, 0.2) is 148 Å². The van der Waals surface area contributed by atoms with E-state index in [9.17, 15) is 0 Å². The summed E-state index contributed by atoms with van der Waals surface area (Å²) >= 11 is 0. The summed E-state index contributed by atoms with van der Waals surface area (Å²) in [5, 5.41) is 6.48. The van der Waals surface area contributed by atoms with Crippen molar-refractivity contribution in [2.45, 2.75) is 0 Å². The molecule has 4 aromatic heterocycles. The molecule has 0 aliphatic rings. The van der Waals surface area contributed by atoms with E-state index in [0.29, 0.717) is 5.95 Å². The third-order valence-corrected chi connectivity index (χ3v) is 8.83. The molecule has 210 valence electrons. The maximum Gasteiger partial charge on any atom is 0.235 e. The molecule has 0 aliphatic carbocycles. The Morgan fingerprint density at radius 2 is 1.09 bits per heavy atom. The maximum atomic E-state index is 6.30. The lowest BCUT2D eigenvalue weighted by Gasteiger charge is -2.12. The summed E-state index contributed by atoms with van der Waals surface area (Å²) in [4.78, 5) is 10.6. The van der Waals surface area contributed by atoms with Gasteiger partial charge in [-0.1, -0.05) is 97.1 Å². The Bertz CT molecular complexity index is 2770. The Balaban J connectivity index is 1.33. The summed E-state index contributed by atoms with van der Waals surface area (Å²) in [6.45, 7) is 0. The van der Waals surface area contributed by atoms with E-state index in [-0.39, 0.29) is 0 Å². The molecule has 0 amide bonds. The van der Waals surface area contributed by atoms with Crippen molar-refractivity contribution in [3.05, 3.63) is 140 Å². The zero-order valence-corrected chi connectivity index (χ0v) is 23.9. The number of para-hydroxylation sites is 3. The van der Waals surface area contributed by atoms with Gasteiger partial charge in [-0.15, -0.1) is 0 Å². The molecule has 0 saturated carbocycles. The maximum absolute atomic E-state index is 6.30. The second-order valence-electron chi connectivity index (χ2n) is 11.4. The molecule has 0 saturated heterocycles. The minimum absolute atomic E-state index is 0.606. The number of nitrogens with zero attached hydrogens (tertiary/aromatic N) is 3. The van der Waals surface area contributed by atoms with Gasteiger partial charge in [-0.05, 0) is 42.5 Å². The van der Waals surface area contributed by atoms with E-state index in [4.69, 9.17) is 18.8 Å². The summed E-state index contributed by atoms with van der Waals surface area (Å²) in [6.07, 6.45) is 0. The fraction of sp³-hybridized carbons (Fsp3) is 0. The molecular formula is C40H23N3O2. The normalized spacial score (nSPS) is 12.0. The zero-order valence-electron chi connectivity index (χ0n) is 23.9. The van der Waals surface area contributed by atoms with E-state index in [1.54, 1.807) is 0 Å². The molecule has 0 radical (unpaired) electrons. The molecule has 0 atom stereocenters. The number of rotatable bonds is 3. The van der Waals surface area contributed by atoms with Crippen molar-refractivity contribution in [3.8, 4) is 28.5 Å². The Morgan fingerprint density at radius 3 is 1.96 bits per heavy atom. The van der Waals surface area contributed by atoms with Crippen molar-refractivity contribution in [3.63, 3.8) is 0 Å². The fourth-order valence-electron chi connectivity index (χ4n) is 6.82. The molecule has 6 aromatic carbocycles. The van der Waals surface area contributed by atoms with E-state index in [1.807, 2.05) is 60.7 Å². The van der Waals surface area contributed by atoms with Gasteiger partial charge in [-0.3, -0.25) is 4.57 Å². The molecule has 0 N–H and O–H groups in total. The number of benzene rings is 6. The van der Waals surface area contributed by atoms with Gasteiger partial charge < -0.3 is 8.83 Å². The van der Waals surface area contributed by atoms with Crippen molar-refractivity contribution in [1.29, 1.82) is 0 Å². The van der Waals surface area contributed by atoms with Crippen LogP contribution in [0, 0.1) is 0 Å². The molecule has 45 heavy (non-hydrogen) atoms. The van der Waals surface area contributed by atoms with E-state index in [0.717, 1.165) is 88.2 Å². The third kappa shape index (κ3) is 3.55. The number of furan rings is 2. The van der Waals surface area contributed by atoms with Crippen LogP contribution in [0.5, 0.6) is 0 Å². The van der Waals surface area contributed by atoms with Gasteiger partial charge >= 0.3 is 0 Å². The Labute approximate surface area is 256 Å². The number of hydrogen-bond donors (Lipinski definition) is 0. The smallest absolute Gasteiger partial charge is 0.235 e. The van der Waals surface area contributed by atoms with Crippen molar-refractivity contribution in [1.82, 2.24) is 14.5 Å². The number of fused-ring (bicyclic) bond motifs is 9. The SMILES string of the molecule is c1ccc(-c2cc(-c3cccc4oc5ccccc5c34)nc(-n3c4ccccc4c4cc5oc6ccccc6c5cc43)n2)cc1. The van der Waals surface area contributed by atoms with Crippen molar-refractivity contribution >= 4 is 65.7 Å². The van der Waals surface area contributed by atoms with Crippen LogP contribution in [-0.2, 0) is 0 Å². The Kier molecular flexibility index (Phi) is 4.93. The monoisotopic (exact) mass is 577 g/mol. The predicted molar refractivity (Wildman–Crippen MR) is 182 cm³/mol. The summed E-state index contributed by atoms with van der Waals surface area (Å²) in [5.74, 6) is 0.606. The quantitative estimate of drug-likeness (QED) is 0.210. The molecule has 4 heterocycles. The molecule has 0 unspecified atom stereocenters. The third-order valence-electron chi connectivity index (χ3n) is 8.83. The largest absolute Gasteiger partial charge is 0.456 e. The highest BCUT2D eigenvalue weighted by atomic mass is 16.3. The van der Waals surface area contributed by atoms with Crippen molar-refractivity contribution in [2.75, 3.05) is 0 Å². The van der Waals surface area contributed by atoms with Crippen LogP contribution in [0.25, 0.3) is 94.1 Å². The molecule has 10 aromatic rings. The van der Waals surface area contributed by atoms with Crippen molar-refractivity contribution in [2.24, 2.45) is 0 Å². The van der Waals surface area contributed by atoms with Gasteiger partial charge in [0.25, 0.3) is 0 Å². The van der Waals surface area contributed by atoms with Crippen LogP contribution >= 0.6 is 0 Å². The van der Waals surface area contributed by atoms with E-state index < -0.39 is 0 Å². The lowest BCUT2D eigenvalue weighted by molar-refractivity contribution is 0.669. The molecule has 0 fully saturated rings. The van der Waals surface area contributed by atoms with E-state index in [1.165, 1.54) is 0 Å². The predicted octanol–water partition coefficient (Wildman–Crippen LogP) is 10.7. The molecule has 0 spiro atoms. The number of hydrogen-bond acceptors (Lipinski definition) is 4. The molecule has 0 bridgehead atoms. The van der Waals surface area contributed by atoms with Crippen LogP contribution < -0.4 is 0 Å². The average Bonchev–Trinajstić information content (AvgIpc) is 3.76. The van der Waals surface area contributed by atoms with Gasteiger partial charge in [0.1, 0.15) is 22.3 Å². The first-order chi connectivity index (χ1) is 22.3. The van der Waals surface area contributed by atoms with Gasteiger partial charge in [-0.2, -0.15) is 0 Å². The Morgan fingerprint density at radius 1 is 0.422 bits per heavy atom. The molecular weight excluding hydrogens is 554 g/mol. The van der Waals surface area contributed by atoms with Gasteiger partial charge in [0.15, 0.2) is 0 Å². The van der Waals surface area contributed by atoms with Crippen LogP contribution in [0.1, 0.15) is 0 Å². The van der Waals surface area contributed by atoms with Gasteiger partial charge in [0, 0.05) is 43.4 Å². The van der Waals surface area contributed by atoms with Crippen LogP contribution in [0.3, 0.4) is 0 Å². The first-order valence-electron chi connectivity index (χ1n) is 15.0. The standard InChI is InChI=1S/C40H23N3O2/c1-2-11-24(12-3-1)31-23-32(27-16-10-20-37-39(27)28-15-6-9-19-36(28)44-37)42-40(41-31)43-33-17-7-4-13-25(33)29-22-38-30(21-34(29)43)26-14-5-8-18-35(26)45-38/h1-23H. The lowest BCUT2D eigenvalue weighted by Crippen LogP contribution is -2.04. The first kappa shape index (κ1) is 24.3. The minimum Gasteiger partial charge on any atom is -0.456 e. The first-order valence-corrected chi connectivity index (χ1v) is 15.0. The summed E-state index contributed by atoms with van der Waals surface area (Å²) in [5.41, 5.74) is 9.20. The second-order valence-corrected chi connectivity index (χ2v) is 11.4. The summed E-state index contributed by atoms with van der Waals surface area (Å²) in [7, 11) is 0. The molecule has 5 heteroatoms. The minimum atomic E-state index is 0.606.